The molecular weight excluding hydrogens is 462 g/mol. The summed E-state index contributed by atoms with van der Waals surface area (Å²) in [7, 11) is 3.36. The largest absolute Gasteiger partial charge is 0.480 e. The van der Waals surface area contributed by atoms with Crippen LogP contribution in [0.25, 0.3) is 17.1 Å². The highest BCUT2D eigenvalue weighted by atomic mass is 35.5. The zero-order chi connectivity index (χ0) is 24.9. The predicted molar refractivity (Wildman–Crippen MR) is 141 cm³/mol. The Balaban J connectivity index is 1.69. The lowest BCUT2D eigenvalue weighted by molar-refractivity contribution is 0.399. The summed E-state index contributed by atoms with van der Waals surface area (Å²) in [6, 6.07) is 15.3. The number of halogens is 1. The molecule has 5 N–H and O–H groups in total. The van der Waals surface area contributed by atoms with Gasteiger partial charge in [0.25, 0.3) is 0 Å². The summed E-state index contributed by atoms with van der Waals surface area (Å²) in [5.74, 6) is 7.24. The van der Waals surface area contributed by atoms with Gasteiger partial charge in [-0.1, -0.05) is 30.3 Å². The standard InChI is InChI=1S/C26H26ClN7O/c1-14-12-18(13-20(21(14)28)33(3)29)34-15(2)22-23(24(34)16-7-9-17(27)10-8-16)32-25(31-22)19-6-5-11-30-26(19)35-4/h5-13,24H,2,28-29H2,1,3-4H3,(H,31,32). The number of aromatic amines is 1. The van der Waals surface area contributed by atoms with Crippen molar-refractivity contribution in [1.82, 2.24) is 15.0 Å². The lowest BCUT2D eigenvalue weighted by atomic mass is 10.0. The summed E-state index contributed by atoms with van der Waals surface area (Å²) in [6.45, 7) is 6.38. The number of nitrogens with one attached hydrogen (secondary N) is 1. The zero-order valence-electron chi connectivity index (χ0n) is 19.7. The molecule has 178 valence electrons. The second kappa shape index (κ2) is 8.65. The number of ether oxygens (including phenoxy) is 1. The van der Waals surface area contributed by atoms with Crippen molar-refractivity contribution >= 4 is 34.4 Å². The van der Waals surface area contributed by atoms with Crippen LogP contribution in [0.5, 0.6) is 5.88 Å². The summed E-state index contributed by atoms with van der Waals surface area (Å²) in [5.41, 5.74) is 13.7. The monoisotopic (exact) mass is 487 g/mol. The summed E-state index contributed by atoms with van der Waals surface area (Å²) < 4.78 is 5.46. The van der Waals surface area contributed by atoms with Gasteiger partial charge >= 0.3 is 0 Å². The number of fused-ring (bicyclic) bond motifs is 1. The third kappa shape index (κ3) is 3.77. The first-order valence-corrected chi connectivity index (χ1v) is 11.4. The van der Waals surface area contributed by atoms with Crippen LogP contribution in [-0.4, -0.2) is 29.1 Å². The van der Waals surface area contributed by atoms with E-state index in [9.17, 15) is 0 Å². The van der Waals surface area contributed by atoms with Crippen molar-refractivity contribution in [3.8, 4) is 17.3 Å². The Morgan fingerprint density at radius 3 is 2.63 bits per heavy atom. The Hall–Kier alpha value is -4.01. The van der Waals surface area contributed by atoms with Crippen LogP contribution in [0.2, 0.25) is 5.02 Å². The first kappa shape index (κ1) is 22.8. The molecule has 9 heteroatoms. The number of methoxy groups -OCH3 is 1. The molecule has 8 nitrogen and oxygen atoms in total. The van der Waals surface area contributed by atoms with Crippen molar-refractivity contribution in [1.29, 1.82) is 0 Å². The maximum absolute atomic E-state index is 6.31. The molecule has 0 radical (unpaired) electrons. The Morgan fingerprint density at radius 1 is 1.20 bits per heavy atom. The van der Waals surface area contributed by atoms with E-state index in [0.29, 0.717) is 22.4 Å². The minimum absolute atomic E-state index is 0.224. The molecule has 2 aromatic heterocycles. The number of benzene rings is 2. The van der Waals surface area contributed by atoms with Crippen molar-refractivity contribution in [2.24, 2.45) is 5.84 Å². The Kier molecular flexibility index (Phi) is 5.62. The molecule has 35 heavy (non-hydrogen) atoms. The number of rotatable bonds is 5. The van der Waals surface area contributed by atoms with E-state index in [2.05, 4.69) is 21.4 Å². The van der Waals surface area contributed by atoms with Crippen LogP contribution in [0.1, 0.15) is 28.6 Å². The van der Waals surface area contributed by atoms with Gasteiger partial charge in [0.2, 0.25) is 5.88 Å². The fourth-order valence-electron chi connectivity index (χ4n) is 4.52. The van der Waals surface area contributed by atoms with Crippen molar-refractivity contribution in [3.05, 3.63) is 88.8 Å². The maximum Gasteiger partial charge on any atom is 0.224 e. The number of nitrogen functional groups attached to an aromatic ring is 1. The van der Waals surface area contributed by atoms with E-state index in [4.69, 9.17) is 32.9 Å². The van der Waals surface area contributed by atoms with Crippen LogP contribution in [0.15, 0.2) is 61.3 Å². The average molecular weight is 488 g/mol. The molecule has 1 atom stereocenters. The fourth-order valence-corrected chi connectivity index (χ4v) is 4.65. The second-order valence-corrected chi connectivity index (χ2v) is 8.92. The van der Waals surface area contributed by atoms with Crippen LogP contribution in [0.4, 0.5) is 17.1 Å². The smallest absolute Gasteiger partial charge is 0.224 e. The molecule has 0 fully saturated rings. The Labute approximate surface area is 208 Å². The number of nitrogens with two attached hydrogens (primary N) is 2. The number of imidazole rings is 1. The number of H-pyrrole nitrogens is 1. The van der Waals surface area contributed by atoms with Gasteiger partial charge in [0.15, 0.2) is 0 Å². The normalized spacial score (nSPS) is 14.8. The molecule has 5 rings (SSSR count). The van der Waals surface area contributed by atoms with Crippen LogP contribution in [0.3, 0.4) is 0 Å². The third-order valence-electron chi connectivity index (χ3n) is 6.24. The van der Waals surface area contributed by atoms with Gasteiger partial charge in [0, 0.05) is 24.0 Å². The molecule has 0 amide bonds. The van der Waals surface area contributed by atoms with E-state index in [0.717, 1.165) is 45.2 Å². The number of aromatic nitrogens is 3. The van der Waals surface area contributed by atoms with Gasteiger partial charge < -0.3 is 25.4 Å². The van der Waals surface area contributed by atoms with Crippen molar-refractivity contribution in [2.45, 2.75) is 13.0 Å². The van der Waals surface area contributed by atoms with Crippen LogP contribution >= 0.6 is 11.6 Å². The topological polar surface area (TPSA) is 109 Å². The molecule has 0 spiro atoms. The number of nitrogens with zero attached hydrogens (tertiary/aromatic N) is 4. The number of anilines is 3. The maximum atomic E-state index is 6.31. The predicted octanol–water partition coefficient (Wildman–Crippen LogP) is 4.91. The number of pyridine rings is 1. The molecule has 0 saturated carbocycles. The zero-order valence-corrected chi connectivity index (χ0v) is 20.5. The van der Waals surface area contributed by atoms with Crippen molar-refractivity contribution in [2.75, 3.05) is 29.8 Å². The molecule has 0 aliphatic carbocycles. The first-order chi connectivity index (χ1) is 16.8. The van der Waals surface area contributed by atoms with Gasteiger partial charge in [0.05, 0.1) is 35.4 Å². The van der Waals surface area contributed by atoms with Gasteiger partial charge in [-0.15, -0.1) is 0 Å². The Bertz CT molecular complexity index is 1430. The second-order valence-electron chi connectivity index (χ2n) is 8.49. The molecule has 3 heterocycles. The fraction of sp³-hybridized carbons (Fsp3) is 0.154. The third-order valence-corrected chi connectivity index (χ3v) is 6.49. The number of aryl methyl sites for hydroxylation is 1. The van der Waals surface area contributed by atoms with Crippen LogP contribution < -0.4 is 26.2 Å². The molecule has 0 bridgehead atoms. The van der Waals surface area contributed by atoms with E-state index < -0.39 is 0 Å². The lowest BCUT2D eigenvalue weighted by Gasteiger charge is -2.30. The molecule has 1 aliphatic heterocycles. The molecule has 4 aromatic rings. The van der Waals surface area contributed by atoms with Gasteiger partial charge in [-0.3, -0.25) is 0 Å². The highest BCUT2D eigenvalue weighted by Gasteiger charge is 2.39. The molecule has 2 aromatic carbocycles. The molecule has 0 saturated heterocycles. The minimum atomic E-state index is -0.224. The van der Waals surface area contributed by atoms with E-state index in [-0.39, 0.29) is 6.04 Å². The number of hydrazine groups is 1. The van der Waals surface area contributed by atoms with Gasteiger partial charge in [0.1, 0.15) is 17.6 Å². The SMILES string of the molecule is C=C1c2nc(-c3cccnc3OC)[nH]c2C(c2ccc(Cl)cc2)N1c1cc(C)c(N)c(N(C)N)c1. The summed E-state index contributed by atoms with van der Waals surface area (Å²) in [6.07, 6.45) is 1.69. The van der Waals surface area contributed by atoms with E-state index in [1.54, 1.807) is 20.4 Å². The van der Waals surface area contributed by atoms with Gasteiger partial charge in [-0.05, 0) is 54.4 Å². The summed E-state index contributed by atoms with van der Waals surface area (Å²) in [4.78, 5) is 14.9. The van der Waals surface area contributed by atoms with Crippen molar-refractivity contribution in [3.63, 3.8) is 0 Å². The first-order valence-electron chi connectivity index (χ1n) is 11.0. The van der Waals surface area contributed by atoms with E-state index >= 15 is 0 Å². The lowest BCUT2D eigenvalue weighted by Crippen LogP contribution is -2.27. The summed E-state index contributed by atoms with van der Waals surface area (Å²) >= 11 is 6.21. The molecule has 1 unspecified atom stereocenters. The summed E-state index contributed by atoms with van der Waals surface area (Å²) in [5, 5.41) is 2.19. The molecular formula is C26H26ClN7O. The number of hydrogen-bond donors (Lipinski definition) is 3. The van der Waals surface area contributed by atoms with E-state index in [1.807, 2.05) is 55.5 Å². The van der Waals surface area contributed by atoms with E-state index in [1.165, 1.54) is 5.01 Å². The van der Waals surface area contributed by atoms with Crippen molar-refractivity contribution < 1.29 is 4.74 Å². The molecule has 1 aliphatic rings. The van der Waals surface area contributed by atoms with Gasteiger partial charge in [-0.2, -0.15) is 0 Å². The van der Waals surface area contributed by atoms with Crippen LogP contribution in [-0.2, 0) is 0 Å². The minimum Gasteiger partial charge on any atom is -0.480 e. The Morgan fingerprint density at radius 2 is 1.94 bits per heavy atom. The number of hydrogen-bond acceptors (Lipinski definition) is 7. The quantitative estimate of drug-likeness (QED) is 0.208. The highest BCUT2D eigenvalue weighted by molar-refractivity contribution is 6.30. The van der Waals surface area contributed by atoms with Crippen LogP contribution in [0, 0.1) is 6.92 Å². The average Bonchev–Trinajstić information content (AvgIpc) is 3.39. The van der Waals surface area contributed by atoms with Gasteiger partial charge in [-0.25, -0.2) is 15.8 Å². The highest BCUT2D eigenvalue weighted by Crippen LogP contribution is 2.48.